The highest BCUT2D eigenvalue weighted by molar-refractivity contribution is 7.89. The van der Waals surface area contributed by atoms with Gasteiger partial charge in [-0.25, -0.2) is 22.7 Å². The molecule has 8 nitrogen and oxygen atoms in total. The number of aromatic nitrogens is 2. The van der Waals surface area contributed by atoms with Crippen LogP contribution in [0, 0.1) is 31.1 Å². The maximum atomic E-state index is 15.2. The number of hydrogen-bond acceptors (Lipinski definition) is 6. The van der Waals surface area contributed by atoms with Crippen LogP contribution >= 0.6 is 0 Å². The van der Waals surface area contributed by atoms with Gasteiger partial charge in [-0.15, -0.1) is 5.10 Å². The molecule has 1 atom stereocenters. The van der Waals surface area contributed by atoms with Gasteiger partial charge in [0.05, 0.1) is 4.90 Å². The molecule has 0 amide bonds. The van der Waals surface area contributed by atoms with Crippen molar-refractivity contribution >= 4 is 10.0 Å². The van der Waals surface area contributed by atoms with Crippen LogP contribution in [0.1, 0.15) is 35.9 Å². The van der Waals surface area contributed by atoms with Gasteiger partial charge in [0.2, 0.25) is 5.89 Å². The Morgan fingerprint density at radius 1 is 1.23 bits per heavy atom. The van der Waals surface area contributed by atoms with E-state index in [-0.39, 0.29) is 16.9 Å². The summed E-state index contributed by atoms with van der Waals surface area (Å²) in [6.45, 7) is 4.89. The van der Waals surface area contributed by atoms with Gasteiger partial charge in [-0.3, -0.25) is 0 Å². The van der Waals surface area contributed by atoms with E-state index in [1.165, 1.54) is 36.4 Å². The number of aryl methyl sites for hydroxylation is 1. The molecule has 30 heavy (non-hydrogen) atoms. The molecule has 1 heterocycles. The first kappa shape index (κ1) is 21.3. The van der Waals surface area contributed by atoms with Crippen LogP contribution in [0.4, 0.5) is 4.39 Å². The highest BCUT2D eigenvalue weighted by Crippen LogP contribution is 2.43. The molecular weight excluding hydrogens is 411 g/mol. The van der Waals surface area contributed by atoms with Crippen LogP contribution < -0.4 is 5.76 Å². The number of sulfonamides is 1. The number of aromatic amines is 1. The molecule has 0 saturated carbocycles. The molecular formula is C20H19FN4O4S. The van der Waals surface area contributed by atoms with Crippen LogP contribution in [-0.2, 0) is 15.6 Å². The minimum absolute atomic E-state index is 0.110. The lowest BCUT2D eigenvalue weighted by atomic mass is 9.82. The molecule has 0 aliphatic heterocycles. The number of benzene rings is 2. The zero-order chi connectivity index (χ0) is 22.1. The summed E-state index contributed by atoms with van der Waals surface area (Å²) in [5, 5.41) is 15.9. The number of nitriles is 1. The first-order chi connectivity index (χ1) is 14.2. The maximum absolute atomic E-state index is 15.2. The largest absolute Gasteiger partial charge is 0.434 e. The lowest BCUT2D eigenvalue weighted by Gasteiger charge is -2.37. The summed E-state index contributed by atoms with van der Waals surface area (Å²) in [4.78, 5) is 11.5. The third kappa shape index (κ3) is 3.17. The van der Waals surface area contributed by atoms with Crippen molar-refractivity contribution < 1.29 is 17.2 Å². The van der Waals surface area contributed by atoms with Gasteiger partial charge in [-0.1, -0.05) is 31.2 Å². The molecule has 10 heteroatoms. The van der Waals surface area contributed by atoms with Crippen molar-refractivity contribution in [1.29, 1.82) is 5.26 Å². The van der Waals surface area contributed by atoms with Crippen LogP contribution in [0.2, 0.25) is 0 Å². The van der Waals surface area contributed by atoms with E-state index >= 15 is 4.39 Å². The van der Waals surface area contributed by atoms with Crippen LogP contribution in [0.25, 0.3) is 0 Å². The number of halogens is 1. The summed E-state index contributed by atoms with van der Waals surface area (Å²) >= 11 is 0. The first-order valence-corrected chi connectivity index (χ1v) is 10.5. The number of H-pyrrole nitrogens is 1. The standard InChI is InChI=1S/C20H19FN4O4S/c1-4-20(18-23-24-19(26)29-18,17-14(3)13(2)10-11-16(17)21)25(12-22)30(27,28)15-8-6-5-7-9-15/h5-11H,4H2,1-3H3,(H,24,26). The second-order valence-electron chi connectivity index (χ2n) is 6.68. The number of nitrogens with one attached hydrogen (secondary N) is 1. The Kier molecular flexibility index (Phi) is 5.50. The fourth-order valence-electron chi connectivity index (χ4n) is 3.51. The Labute approximate surface area is 172 Å². The second-order valence-corrected chi connectivity index (χ2v) is 8.47. The van der Waals surface area contributed by atoms with Gasteiger partial charge in [0.25, 0.3) is 10.0 Å². The van der Waals surface area contributed by atoms with E-state index in [1.54, 1.807) is 33.0 Å². The van der Waals surface area contributed by atoms with Crippen molar-refractivity contribution in [3.8, 4) is 6.19 Å². The Balaban J connectivity index is 2.46. The molecule has 3 aromatic rings. The van der Waals surface area contributed by atoms with Gasteiger partial charge in [-0.05, 0) is 49.6 Å². The number of nitrogens with zero attached hydrogens (tertiary/aromatic N) is 3. The van der Waals surface area contributed by atoms with Gasteiger partial charge >= 0.3 is 5.76 Å². The molecule has 0 aliphatic rings. The third-order valence-corrected chi connectivity index (χ3v) is 6.86. The molecule has 2 aromatic carbocycles. The van der Waals surface area contributed by atoms with Gasteiger partial charge in [0.1, 0.15) is 5.82 Å². The zero-order valence-electron chi connectivity index (χ0n) is 16.5. The molecule has 1 N–H and O–H groups in total. The molecule has 0 spiro atoms. The monoisotopic (exact) mass is 430 g/mol. The average molecular weight is 430 g/mol. The predicted octanol–water partition coefficient (Wildman–Crippen LogP) is 2.94. The van der Waals surface area contributed by atoms with Crippen LogP contribution in [0.3, 0.4) is 0 Å². The van der Waals surface area contributed by atoms with Crippen molar-refractivity contribution in [3.63, 3.8) is 0 Å². The summed E-state index contributed by atoms with van der Waals surface area (Å²) in [5.74, 6) is -2.14. The average Bonchev–Trinajstić information content (AvgIpc) is 3.17. The summed E-state index contributed by atoms with van der Waals surface area (Å²) in [7, 11) is -4.46. The Morgan fingerprint density at radius 3 is 2.43 bits per heavy atom. The van der Waals surface area contributed by atoms with Crippen molar-refractivity contribution in [1.82, 2.24) is 14.5 Å². The minimum atomic E-state index is -4.46. The van der Waals surface area contributed by atoms with Crippen LogP contribution in [0.5, 0.6) is 0 Å². The quantitative estimate of drug-likeness (QED) is 0.474. The predicted molar refractivity (Wildman–Crippen MR) is 105 cm³/mol. The normalized spacial score (nSPS) is 13.4. The minimum Gasteiger partial charge on any atom is -0.389 e. The van der Waals surface area contributed by atoms with Crippen molar-refractivity contribution in [2.45, 2.75) is 37.6 Å². The van der Waals surface area contributed by atoms with Crippen LogP contribution in [-0.4, -0.2) is 22.9 Å². The molecule has 156 valence electrons. The highest BCUT2D eigenvalue weighted by Gasteiger charge is 2.52. The molecule has 0 aliphatic carbocycles. The smallest absolute Gasteiger partial charge is 0.389 e. The van der Waals surface area contributed by atoms with Crippen molar-refractivity contribution in [2.24, 2.45) is 0 Å². The summed E-state index contributed by atoms with van der Waals surface area (Å²) in [6.07, 6.45) is 1.54. The SMILES string of the molecule is CCC(c1n[nH]c(=O)o1)(c1c(F)ccc(C)c1C)N(C#N)S(=O)(=O)c1ccccc1. The van der Waals surface area contributed by atoms with E-state index in [9.17, 15) is 18.5 Å². The first-order valence-electron chi connectivity index (χ1n) is 9.02. The van der Waals surface area contributed by atoms with Crippen LogP contribution in [0.15, 0.2) is 56.6 Å². The fourth-order valence-corrected chi connectivity index (χ4v) is 5.03. The number of rotatable bonds is 6. The Bertz CT molecular complexity index is 1280. The lowest BCUT2D eigenvalue weighted by Crippen LogP contribution is -2.48. The van der Waals surface area contributed by atoms with E-state index in [0.717, 1.165) is 0 Å². The molecule has 0 bridgehead atoms. The maximum Gasteiger partial charge on any atom is 0.434 e. The number of hydrogen-bond donors (Lipinski definition) is 1. The summed E-state index contributed by atoms with van der Waals surface area (Å²) in [5.41, 5.74) is -1.06. The Morgan fingerprint density at radius 2 is 1.90 bits per heavy atom. The molecule has 1 aromatic heterocycles. The van der Waals surface area contributed by atoms with Gasteiger partial charge in [0.15, 0.2) is 11.7 Å². The Hall–Kier alpha value is -3.45. The molecule has 3 rings (SSSR count). The van der Waals surface area contributed by atoms with Gasteiger partial charge < -0.3 is 4.42 Å². The molecule has 1 unspecified atom stereocenters. The van der Waals surface area contributed by atoms with E-state index < -0.39 is 33.0 Å². The molecule has 0 fully saturated rings. The van der Waals surface area contributed by atoms with E-state index in [1.807, 2.05) is 0 Å². The van der Waals surface area contributed by atoms with Crippen molar-refractivity contribution in [2.75, 3.05) is 0 Å². The third-order valence-electron chi connectivity index (χ3n) is 5.12. The zero-order valence-corrected chi connectivity index (χ0v) is 17.3. The summed E-state index contributed by atoms with van der Waals surface area (Å²) < 4.78 is 47.7. The molecule has 0 saturated heterocycles. The lowest BCUT2D eigenvalue weighted by molar-refractivity contribution is 0.224. The van der Waals surface area contributed by atoms with E-state index in [0.29, 0.717) is 15.4 Å². The topological polar surface area (TPSA) is 120 Å². The van der Waals surface area contributed by atoms with E-state index in [4.69, 9.17) is 4.42 Å². The van der Waals surface area contributed by atoms with Crippen molar-refractivity contribution in [3.05, 3.63) is 81.4 Å². The van der Waals surface area contributed by atoms with E-state index in [2.05, 4.69) is 10.2 Å². The second kappa shape index (κ2) is 7.76. The van der Waals surface area contributed by atoms with Gasteiger partial charge in [0, 0.05) is 5.56 Å². The summed E-state index contributed by atoms with van der Waals surface area (Å²) in [6, 6.07) is 9.99. The molecule has 0 radical (unpaired) electrons. The fraction of sp³-hybridized carbons (Fsp3) is 0.250. The highest BCUT2D eigenvalue weighted by atomic mass is 32.2. The van der Waals surface area contributed by atoms with Gasteiger partial charge in [-0.2, -0.15) is 9.57 Å².